The summed E-state index contributed by atoms with van der Waals surface area (Å²) in [6, 6.07) is 9.14. The molecule has 0 aliphatic heterocycles. The van der Waals surface area contributed by atoms with Crippen molar-refractivity contribution < 1.29 is 5.11 Å². The van der Waals surface area contributed by atoms with Gasteiger partial charge in [0.05, 0.1) is 0 Å². The first-order valence-electron chi connectivity index (χ1n) is 5.13. The molecule has 17 heavy (non-hydrogen) atoms. The predicted molar refractivity (Wildman–Crippen MR) is 72.2 cm³/mol. The van der Waals surface area contributed by atoms with Crippen molar-refractivity contribution in [1.29, 1.82) is 0 Å². The van der Waals surface area contributed by atoms with Crippen molar-refractivity contribution in [2.24, 2.45) is 0 Å². The molecule has 1 aromatic heterocycles. The first kappa shape index (κ1) is 12.6. The molecular formula is C13H11BrClNO. The largest absolute Gasteiger partial charge is 0.384 e. The first-order chi connectivity index (χ1) is 8.08. The second-order valence-electron chi connectivity index (χ2n) is 3.80. The van der Waals surface area contributed by atoms with Crippen LogP contribution in [0.3, 0.4) is 0 Å². The second kappa shape index (κ2) is 5.17. The molecule has 0 saturated carbocycles. The number of aryl methyl sites for hydroxylation is 1. The van der Waals surface area contributed by atoms with E-state index in [4.69, 9.17) is 11.6 Å². The molecule has 0 saturated heterocycles. The van der Waals surface area contributed by atoms with Gasteiger partial charge in [0.1, 0.15) is 6.10 Å². The summed E-state index contributed by atoms with van der Waals surface area (Å²) in [6.07, 6.45) is 0.918. The van der Waals surface area contributed by atoms with E-state index >= 15 is 0 Å². The highest BCUT2D eigenvalue weighted by molar-refractivity contribution is 9.10. The Hall–Kier alpha value is -0.900. The molecule has 2 nitrogen and oxygen atoms in total. The molecule has 1 N–H and O–H groups in total. The van der Waals surface area contributed by atoms with Gasteiger partial charge in [0, 0.05) is 32.5 Å². The number of nitrogens with zero attached hydrogens (tertiary/aromatic N) is 1. The summed E-state index contributed by atoms with van der Waals surface area (Å²) in [5.41, 5.74) is 2.34. The van der Waals surface area contributed by atoms with Crippen LogP contribution in [0.25, 0.3) is 0 Å². The standard InChI is InChI=1S/C13H11BrClNO/c1-8-2-3-9(7-16-8)13(17)11-5-4-10(14)6-12(11)15/h2-7,13,17H,1H3. The van der Waals surface area contributed by atoms with Crippen molar-refractivity contribution in [3.8, 4) is 0 Å². The lowest BCUT2D eigenvalue weighted by molar-refractivity contribution is 0.220. The zero-order chi connectivity index (χ0) is 12.4. The lowest BCUT2D eigenvalue weighted by Crippen LogP contribution is -2.01. The summed E-state index contributed by atoms with van der Waals surface area (Å²) >= 11 is 9.43. The summed E-state index contributed by atoms with van der Waals surface area (Å²) in [6.45, 7) is 1.91. The molecule has 4 heteroatoms. The number of hydrogen-bond donors (Lipinski definition) is 1. The van der Waals surface area contributed by atoms with Gasteiger partial charge in [0.15, 0.2) is 0 Å². The third-order valence-corrected chi connectivity index (χ3v) is 3.33. The lowest BCUT2D eigenvalue weighted by atomic mass is 10.0. The highest BCUT2D eigenvalue weighted by atomic mass is 79.9. The molecule has 0 bridgehead atoms. The third-order valence-electron chi connectivity index (χ3n) is 2.51. The number of rotatable bonds is 2. The molecule has 0 amide bonds. The molecule has 0 spiro atoms. The van der Waals surface area contributed by atoms with Crippen LogP contribution in [0.15, 0.2) is 41.0 Å². The Morgan fingerprint density at radius 3 is 2.65 bits per heavy atom. The van der Waals surface area contributed by atoms with Crippen LogP contribution < -0.4 is 0 Å². The summed E-state index contributed by atoms with van der Waals surface area (Å²) in [4.78, 5) is 4.16. The number of pyridine rings is 1. The minimum absolute atomic E-state index is 0.535. The van der Waals surface area contributed by atoms with Gasteiger partial charge >= 0.3 is 0 Å². The van der Waals surface area contributed by atoms with E-state index in [1.54, 1.807) is 18.3 Å². The molecule has 2 aromatic rings. The van der Waals surface area contributed by atoms with Crippen LogP contribution in [0.5, 0.6) is 0 Å². The van der Waals surface area contributed by atoms with Crippen molar-refractivity contribution in [2.75, 3.05) is 0 Å². The van der Waals surface area contributed by atoms with E-state index in [1.807, 2.05) is 25.1 Å². The van der Waals surface area contributed by atoms with Crippen LogP contribution in [0, 0.1) is 6.92 Å². The van der Waals surface area contributed by atoms with Gasteiger partial charge < -0.3 is 5.11 Å². The minimum atomic E-state index is -0.747. The number of aliphatic hydroxyl groups is 1. The second-order valence-corrected chi connectivity index (χ2v) is 5.12. The van der Waals surface area contributed by atoms with E-state index in [0.29, 0.717) is 10.6 Å². The lowest BCUT2D eigenvalue weighted by Gasteiger charge is -2.13. The maximum Gasteiger partial charge on any atom is 0.107 e. The van der Waals surface area contributed by atoms with E-state index < -0.39 is 6.10 Å². The van der Waals surface area contributed by atoms with Gasteiger partial charge in [-0.1, -0.05) is 39.7 Å². The average molecular weight is 313 g/mol. The topological polar surface area (TPSA) is 33.1 Å². The van der Waals surface area contributed by atoms with Gasteiger partial charge in [0.25, 0.3) is 0 Å². The molecule has 1 heterocycles. The molecule has 1 atom stereocenters. The van der Waals surface area contributed by atoms with Gasteiger partial charge in [-0.3, -0.25) is 4.98 Å². The number of halogens is 2. The molecule has 88 valence electrons. The Morgan fingerprint density at radius 1 is 1.29 bits per heavy atom. The van der Waals surface area contributed by atoms with Crippen LogP contribution in [0.2, 0.25) is 5.02 Å². The van der Waals surface area contributed by atoms with Gasteiger partial charge in [-0.05, 0) is 25.1 Å². The summed E-state index contributed by atoms with van der Waals surface area (Å²) in [7, 11) is 0. The first-order valence-corrected chi connectivity index (χ1v) is 6.30. The van der Waals surface area contributed by atoms with Crippen LogP contribution in [-0.2, 0) is 0 Å². The average Bonchev–Trinajstić information content (AvgIpc) is 2.29. The summed E-state index contributed by atoms with van der Waals surface area (Å²) in [5.74, 6) is 0. The number of benzene rings is 1. The highest BCUT2D eigenvalue weighted by Gasteiger charge is 2.14. The maximum atomic E-state index is 10.2. The Balaban J connectivity index is 2.36. The molecule has 0 aliphatic carbocycles. The van der Waals surface area contributed by atoms with Crippen LogP contribution in [0.1, 0.15) is 22.9 Å². The quantitative estimate of drug-likeness (QED) is 0.912. The number of hydrogen-bond acceptors (Lipinski definition) is 2. The number of aliphatic hydroxyl groups excluding tert-OH is 1. The normalized spacial score (nSPS) is 12.5. The fourth-order valence-electron chi connectivity index (χ4n) is 1.54. The fraction of sp³-hybridized carbons (Fsp3) is 0.154. The van der Waals surface area contributed by atoms with E-state index in [9.17, 15) is 5.11 Å². The maximum absolute atomic E-state index is 10.2. The molecule has 0 fully saturated rings. The summed E-state index contributed by atoms with van der Waals surface area (Å²) in [5, 5.41) is 10.7. The van der Waals surface area contributed by atoms with E-state index in [-0.39, 0.29) is 0 Å². The van der Waals surface area contributed by atoms with Crippen molar-refractivity contribution >= 4 is 27.5 Å². The van der Waals surface area contributed by atoms with Gasteiger partial charge in [0.2, 0.25) is 0 Å². The molecule has 0 radical (unpaired) electrons. The zero-order valence-corrected chi connectivity index (χ0v) is 11.5. The van der Waals surface area contributed by atoms with Gasteiger partial charge in [-0.25, -0.2) is 0 Å². The van der Waals surface area contributed by atoms with Crippen LogP contribution >= 0.6 is 27.5 Å². The molecule has 1 aromatic carbocycles. The van der Waals surface area contributed by atoms with E-state index in [1.165, 1.54) is 0 Å². The predicted octanol–water partition coefficient (Wildman–Crippen LogP) is 3.89. The van der Waals surface area contributed by atoms with E-state index in [0.717, 1.165) is 15.7 Å². The van der Waals surface area contributed by atoms with Crippen LogP contribution in [-0.4, -0.2) is 10.1 Å². The van der Waals surface area contributed by atoms with Crippen LogP contribution in [0.4, 0.5) is 0 Å². The Kier molecular flexibility index (Phi) is 3.82. The molecule has 1 unspecified atom stereocenters. The van der Waals surface area contributed by atoms with Crippen molar-refractivity contribution in [2.45, 2.75) is 13.0 Å². The fourth-order valence-corrected chi connectivity index (χ4v) is 2.32. The highest BCUT2D eigenvalue weighted by Crippen LogP contribution is 2.30. The monoisotopic (exact) mass is 311 g/mol. The SMILES string of the molecule is Cc1ccc(C(O)c2ccc(Br)cc2Cl)cn1. The zero-order valence-electron chi connectivity index (χ0n) is 9.19. The Labute approximate surface area is 113 Å². The smallest absolute Gasteiger partial charge is 0.107 e. The third kappa shape index (κ3) is 2.86. The Bertz CT molecular complexity index is 527. The van der Waals surface area contributed by atoms with Crippen molar-refractivity contribution in [1.82, 2.24) is 4.98 Å². The Morgan fingerprint density at radius 2 is 2.06 bits per heavy atom. The molecular weight excluding hydrogens is 302 g/mol. The molecule has 2 rings (SSSR count). The van der Waals surface area contributed by atoms with Gasteiger partial charge in [-0.15, -0.1) is 0 Å². The van der Waals surface area contributed by atoms with Crippen molar-refractivity contribution in [3.05, 3.63) is 62.8 Å². The van der Waals surface area contributed by atoms with Gasteiger partial charge in [-0.2, -0.15) is 0 Å². The van der Waals surface area contributed by atoms with Crippen molar-refractivity contribution in [3.63, 3.8) is 0 Å². The number of aromatic nitrogens is 1. The molecule has 0 aliphatic rings. The van der Waals surface area contributed by atoms with E-state index in [2.05, 4.69) is 20.9 Å². The minimum Gasteiger partial charge on any atom is -0.384 e. The summed E-state index contributed by atoms with van der Waals surface area (Å²) < 4.78 is 0.889.